The Kier molecular flexibility index (Phi) is 10.5. The molecule has 2 unspecified atom stereocenters. The molecule has 1 fully saturated rings. The first-order chi connectivity index (χ1) is 22.5. The smallest absolute Gasteiger partial charge is 0.410 e. The summed E-state index contributed by atoms with van der Waals surface area (Å²) in [6.07, 6.45) is 2.34. The number of hydrogen-bond donors (Lipinski definition) is 1. The molecule has 2 N–H and O–H groups in total. The second-order valence-electron chi connectivity index (χ2n) is 13.4. The number of likely N-dealkylation sites (tertiary alicyclic amines) is 1. The highest BCUT2D eigenvalue weighted by Crippen LogP contribution is 2.34. The molecule has 8 nitrogen and oxygen atoms in total. The van der Waals surface area contributed by atoms with Crippen LogP contribution in [0.15, 0.2) is 91.0 Å². The van der Waals surface area contributed by atoms with Gasteiger partial charge in [0.2, 0.25) is 5.91 Å². The summed E-state index contributed by atoms with van der Waals surface area (Å²) in [6, 6.07) is 28.9. The van der Waals surface area contributed by atoms with E-state index in [9.17, 15) is 14.4 Å². The molecule has 1 aliphatic rings. The molecule has 3 aromatic carbocycles. The summed E-state index contributed by atoms with van der Waals surface area (Å²) in [6.45, 7) is 8.99. The molecule has 0 aliphatic carbocycles. The highest BCUT2D eigenvalue weighted by molar-refractivity contribution is 6.02. The van der Waals surface area contributed by atoms with E-state index in [2.05, 4.69) is 16.7 Å². The molecule has 0 spiro atoms. The van der Waals surface area contributed by atoms with Gasteiger partial charge in [0.15, 0.2) is 5.78 Å². The van der Waals surface area contributed by atoms with Crippen LogP contribution >= 0.6 is 0 Å². The lowest BCUT2D eigenvalue weighted by molar-refractivity contribution is 0.0164. The van der Waals surface area contributed by atoms with Crippen molar-refractivity contribution in [3.8, 4) is 22.7 Å². The first-order valence-electron chi connectivity index (χ1n) is 16.4. The van der Waals surface area contributed by atoms with Gasteiger partial charge in [-0.25, -0.2) is 4.79 Å². The zero-order chi connectivity index (χ0) is 33.6. The number of aromatic nitrogens is 1. The Morgan fingerprint density at radius 1 is 0.851 bits per heavy atom. The predicted molar refractivity (Wildman–Crippen MR) is 184 cm³/mol. The number of para-hydroxylation sites is 1. The third-order valence-electron chi connectivity index (χ3n) is 8.57. The fraction of sp³-hybridized carbons (Fsp3) is 0.359. The summed E-state index contributed by atoms with van der Waals surface area (Å²) < 4.78 is 14.0. The normalized spacial score (nSPS) is 17.0. The van der Waals surface area contributed by atoms with Crippen molar-refractivity contribution in [3.05, 3.63) is 108 Å². The summed E-state index contributed by atoms with van der Waals surface area (Å²) in [5.74, 6) is 0.331. The molecule has 4 aromatic rings. The van der Waals surface area contributed by atoms with Gasteiger partial charge >= 0.3 is 6.09 Å². The maximum atomic E-state index is 14.2. The lowest BCUT2D eigenvalue weighted by atomic mass is 9.86. The van der Waals surface area contributed by atoms with Crippen LogP contribution in [0.3, 0.4) is 0 Å². The van der Waals surface area contributed by atoms with Gasteiger partial charge in [-0.05, 0) is 101 Å². The zero-order valence-corrected chi connectivity index (χ0v) is 27.8. The van der Waals surface area contributed by atoms with Crippen molar-refractivity contribution in [2.45, 2.75) is 59.0 Å². The second-order valence-corrected chi connectivity index (χ2v) is 13.4. The Bertz CT molecular complexity index is 1670. The van der Waals surface area contributed by atoms with Crippen LogP contribution in [0.1, 0.15) is 72.9 Å². The van der Waals surface area contributed by atoms with Gasteiger partial charge in [0.1, 0.15) is 11.4 Å². The van der Waals surface area contributed by atoms with Crippen LogP contribution in [0.5, 0.6) is 5.75 Å². The Balaban J connectivity index is 1.37. The molecule has 246 valence electrons. The monoisotopic (exact) mass is 635 g/mol. The summed E-state index contributed by atoms with van der Waals surface area (Å²) >= 11 is 0. The van der Waals surface area contributed by atoms with E-state index in [1.54, 1.807) is 29.2 Å². The van der Waals surface area contributed by atoms with Gasteiger partial charge in [0.25, 0.3) is 0 Å². The number of carbonyl (C=O) groups excluding carboxylic acids is 3. The van der Waals surface area contributed by atoms with Gasteiger partial charge < -0.3 is 24.7 Å². The fourth-order valence-electron chi connectivity index (χ4n) is 6.22. The van der Waals surface area contributed by atoms with Crippen LogP contribution in [0.4, 0.5) is 4.79 Å². The summed E-state index contributed by atoms with van der Waals surface area (Å²) in [5, 5.41) is 0. The van der Waals surface area contributed by atoms with Gasteiger partial charge in [0, 0.05) is 47.9 Å². The zero-order valence-electron chi connectivity index (χ0n) is 27.8. The summed E-state index contributed by atoms with van der Waals surface area (Å²) in [7, 11) is 0. The summed E-state index contributed by atoms with van der Waals surface area (Å²) in [5.41, 5.74) is 9.77. The van der Waals surface area contributed by atoms with E-state index >= 15 is 0 Å². The van der Waals surface area contributed by atoms with Crippen LogP contribution in [0.25, 0.3) is 16.9 Å². The van der Waals surface area contributed by atoms with Gasteiger partial charge in [-0.1, -0.05) is 48.5 Å². The Morgan fingerprint density at radius 2 is 1.49 bits per heavy atom. The predicted octanol–water partition coefficient (Wildman–Crippen LogP) is 7.86. The quantitative estimate of drug-likeness (QED) is 0.189. The molecule has 1 aromatic heterocycles. The molecule has 2 heterocycles. The van der Waals surface area contributed by atoms with Crippen molar-refractivity contribution < 1.29 is 23.9 Å². The van der Waals surface area contributed by atoms with Crippen LogP contribution in [-0.2, 0) is 4.74 Å². The van der Waals surface area contributed by atoms with Crippen molar-refractivity contribution in [2.24, 2.45) is 17.6 Å². The van der Waals surface area contributed by atoms with Crippen molar-refractivity contribution in [1.82, 2.24) is 9.47 Å². The largest absolute Gasteiger partial charge is 0.493 e. The van der Waals surface area contributed by atoms with Crippen molar-refractivity contribution >= 4 is 17.8 Å². The maximum absolute atomic E-state index is 14.2. The Labute approximate surface area is 277 Å². The van der Waals surface area contributed by atoms with E-state index in [-0.39, 0.29) is 23.7 Å². The number of aryl methyl sites for hydroxylation is 1. The van der Waals surface area contributed by atoms with Crippen LogP contribution < -0.4 is 10.5 Å². The number of hydrogen-bond acceptors (Lipinski definition) is 5. The molecule has 2 amide bonds. The molecule has 1 aliphatic heterocycles. The minimum atomic E-state index is -0.624. The lowest BCUT2D eigenvalue weighted by Crippen LogP contribution is -2.43. The van der Waals surface area contributed by atoms with Crippen LogP contribution in [-0.4, -0.2) is 52.5 Å². The van der Waals surface area contributed by atoms with Gasteiger partial charge in [-0.3, -0.25) is 9.59 Å². The lowest BCUT2D eigenvalue weighted by Gasteiger charge is -2.34. The number of nitrogens with two attached hydrogens (primary N) is 1. The van der Waals surface area contributed by atoms with Gasteiger partial charge in [-0.2, -0.15) is 0 Å². The third-order valence-corrected chi connectivity index (χ3v) is 8.57. The number of amides is 2. The molecule has 2 atom stereocenters. The number of Topliss-reactive ketones (excluding diaryl/α,β-unsaturated/α-hetero) is 1. The van der Waals surface area contributed by atoms with Gasteiger partial charge in [-0.15, -0.1) is 0 Å². The molecular formula is C39H45N3O5. The Morgan fingerprint density at radius 3 is 2.13 bits per heavy atom. The minimum Gasteiger partial charge on any atom is -0.493 e. The van der Waals surface area contributed by atoms with Crippen LogP contribution in [0, 0.1) is 18.8 Å². The van der Waals surface area contributed by atoms with Crippen molar-refractivity contribution in [2.75, 3.05) is 19.7 Å². The minimum absolute atomic E-state index is 0.0255. The number of carbonyl (C=O) groups is 3. The number of rotatable bonds is 9. The fourth-order valence-corrected chi connectivity index (χ4v) is 6.22. The van der Waals surface area contributed by atoms with E-state index < -0.39 is 11.5 Å². The number of ether oxygens (including phenoxy) is 2. The highest BCUT2D eigenvalue weighted by Gasteiger charge is 2.30. The maximum Gasteiger partial charge on any atom is 0.410 e. The number of benzene rings is 3. The summed E-state index contributed by atoms with van der Waals surface area (Å²) in [4.78, 5) is 40.7. The second kappa shape index (κ2) is 14.7. The van der Waals surface area contributed by atoms with E-state index in [1.807, 2.05) is 82.3 Å². The molecule has 0 radical (unpaired) electrons. The standard InChI is InChI=1S/C39H45N3O5/c1-27-23-34(36(30-11-7-5-8-12-30)42(27)32-13-9-6-10-14-32)35(43)24-28-15-16-29(25-41(22-21-28)38(45)47-39(2,3)4)26-46-33-19-17-31(18-20-33)37(40)44/h5-14,17-20,23,28-29H,15-16,21-22,24-26H2,1-4H3,(H2,40,44). The van der Waals surface area contributed by atoms with Crippen LogP contribution in [0.2, 0.25) is 0 Å². The van der Waals surface area contributed by atoms with Crippen molar-refractivity contribution in [1.29, 1.82) is 0 Å². The molecule has 8 heteroatoms. The number of ketones is 1. The molecule has 0 saturated carbocycles. The average molecular weight is 636 g/mol. The topological polar surface area (TPSA) is 104 Å². The van der Waals surface area contributed by atoms with Gasteiger partial charge in [0.05, 0.1) is 12.3 Å². The first-order valence-corrected chi connectivity index (χ1v) is 16.4. The SMILES string of the molecule is Cc1cc(C(=O)CC2CCC(COc3ccc(C(N)=O)cc3)CN(C(=O)OC(C)(C)C)CC2)c(-c2ccccc2)n1-c1ccccc1. The van der Waals surface area contributed by atoms with E-state index in [1.165, 1.54) is 0 Å². The Hall–Kier alpha value is -4.85. The first kappa shape index (κ1) is 33.5. The number of primary amides is 1. The third kappa shape index (κ3) is 8.70. The van der Waals surface area contributed by atoms with Crippen molar-refractivity contribution in [3.63, 3.8) is 0 Å². The number of nitrogens with zero attached hydrogens (tertiary/aromatic N) is 2. The molecule has 5 rings (SSSR count). The average Bonchev–Trinajstić information content (AvgIpc) is 3.39. The molecule has 47 heavy (non-hydrogen) atoms. The molecule has 1 saturated heterocycles. The molecular weight excluding hydrogens is 590 g/mol. The molecule has 0 bridgehead atoms. The van der Waals surface area contributed by atoms with E-state index in [0.29, 0.717) is 49.4 Å². The van der Waals surface area contributed by atoms with E-state index in [0.717, 1.165) is 35.5 Å². The highest BCUT2D eigenvalue weighted by atomic mass is 16.6. The van der Waals surface area contributed by atoms with E-state index in [4.69, 9.17) is 15.2 Å².